The maximum Gasteiger partial charge on any atom is 0.212 e. The van der Waals surface area contributed by atoms with Crippen molar-refractivity contribution >= 4 is 16.9 Å². The molecule has 0 bridgehead atoms. The van der Waals surface area contributed by atoms with E-state index in [2.05, 4.69) is 38.1 Å². The molecule has 6 nitrogen and oxygen atoms in total. The van der Waals surface area contributed by atoms with Crippen LogP contribution in [0.5, 0.6) is 5.88 Å². The summed E-state index contributed by atoms with van der Waals surface area (Å²) in [5.41, 5.74) is 10.5. The molecule has 0 amide bonds. The van der Waals surface area contributed by atoms with E-state index in [1.165, 1.54) is 6.33 Å². The summed E-state index contributed by atoms with van der Waals surface area (Å²) in [7, 11) is 1.61. The van der Waals surface area contributed by atoms with Crippen LogP contribution in [0.2, 0.25) is 0 Å². The molecule has 2 N–H and O–H groups in total. The minimum atomic E-state index is 0.00272. The van der Waals surface area contributed by atoms with E-state index < -0.39 is 0 Å². The number of aliphatic imine (C=N–C) groups is 1. The molecule has 3 heterocycles. The smallest absolute Gasteiger partial charge is 0.212 e. The van der Waals surface area contributed by atoms with Gasteiger partial charge in [-0.05, 0) is 29.2 Å². The van der Waals surface area contributed by atoms with Crippen LogP contribution in [0.15, 0.2) is 66.3 Å². The Morgan fingerprint density at radius 3 is 2.63 bits per heavy atom. The second-order valence-electron chi connectivity index (χ2n) is 6.21. The number of methoxy groups -OCH3 is 1. The summed E-state index contributed by atoms with van der Waals surface area (Å²) in [6.07, 6.45) is 7.86. The summed E-state index contributed by atoms with van der Waals surface area (Å²) in [6, 6.07) is 12.2. The molecule has 1 aliphatic rings. The lowest BCUT2D eigenvalue weighted by Crippen LogP contribution is -2.18. The van der Waals surface area contributed by atoms with Crippen molar-refractivity contribution in [3.8, 4) is 17.0 Å². The standard InChI is InChI=1S/C20H19N5OS/c1-26-19-6-5-15(11-24-19)18-8-17(25-20(21)27-18)14-4-2-3-13(7-14)16-9-22-12-23-10-16/h2-7,9-12,17-18H,8H2,1H3,(H2,21,25)/t17-,18-/m0/s1. The molecule has 4 rings (SSSR count). The number of pyridine rings is 1. The molecule has 0 spiro atoms. The highest BCUT2D eigenvalue weighted by Gasteiger charge is 2.26. The van der Waals surface area contributed by atoms with Crippen molar-refractivity contribution in [2.75, 3.05) is 7.11 Å². The maximum absolute atomic E-state index is 6.14. The number of rotatable bonds is 4. The van der Waals surface area contributed by atoms with Gasteiger partial charge in [0.1, 0.15) is 6.33 Å². The Hall–Kier alpha value is -2.93. The highest BCUT2D eigenvalue weighted by molar-refractivity contribution is 8.14. The number of nitrogens with zero attached hydrogens (tertiary/aromatic N) is 4. The Labute approximate surface area is 161 Å². The minimum absolute atomic E-state index is 0.00272. The monoisotopic (exact) mass is 377 g/mol. The van der Waals surface area contributed by atoms with E-state index in [1.807, 2.05) is 36.8 Å². The Morgan fingerprint density at radius 1 is 1.04 bits per heavy atom. The quantitative estimate of drug-likeness (QED) is 0.745. The van der Waals surface area contributed by atoms with E-state index in [1.54, 1.807) is 18.9 Å². The maximum atomic E-state index is 6.14. The van der Waals surface area contributed by atoms with Crippen molar-refractivity contribution in [3.05, 3.63) is 72.4 Å². The SMILES string of the molecule is COc1ccc([C@@H]2C[C@@H](c3cccc(-c4cncnc4)c3)N=C(N)S2)cn1. The minimum Gasteiger partial charge on any atom is -0.481 e. The van der Waals surface area contributed by atoms with Crippen molar-refractivity contribution in [2.24, 2.45) is 10.7 Å². The van der Waals surface area contributed by atoms with Crippen LogP contribution >= 0.6 is 11.8 Å². The summed E-state index contributed by atoms with van der Waals surface area (Å²) in [6.45, 7) is 0. The highest BCUT2D eigenvalue weighted by Crippen LogP contribution is 2.43. The van der Waals surface area contributed by atoms with Crippen molar-refractivity contribution in [2.45, 2.75) is 17.7 Å². The van der Waals surface area contributed by atoms with Gasteiger partial charge in [-0.1, -0.05) is 36.0 Å². The predicted molar refractivity (Wildman–Crippen MR) is 108 cm³/mol. The van der Waals surface area contributed by atoms with Crippen LogP contribution in [-0.4, -0.2) is 27.2 Å². The summed E-state index contributed by atoms with van der Waals surface area (Å²) < 4.78 is 5.15. The fraction of sp³-hybridized carbons (Fsp3) is 0.200. The molecule has 2 aromatic heterocycles. The fourth-order valence-corrected chi connectivity index (χ4v) is 4.16. The summed E-state index contributed by atoms with van der Waals surface area (Å²) in [5, 5.41) is 0.801. The zero-order chi connectivity index (χ0) is 18.6. The van der Waals surface area contributed by atoms with E-state index in [0.717, 1.165) is 28.7 Å². The van der Waals surface area contributed by atoms with E-state index >= 15 is 0 Å². The average Bonchev–Trinajstić information content (AvgIpc) is 2.74. The third-order valence-corrected chi connectivity index (χ3v) is 5.58. The summed E-state index contributed by atoms with van der Waals surface area (Å²) in [4.78, 5) is 17.2. The van der Waals surface area contributed by atoms with E-state index in [4.69, 9.17) is 10.5 Å². The van der Waals surface area contributed by atoms with Gasteiger partial charge in [0.2, 0.25) is 5.88 Å². The van der Waals surface area contributed by atoms with E-state index in [9.17, 15) is 0 Å². The molecule has 1 aromatic carbocycles. The number of amidine groups is 1. The zero-order valence-corrected chi connectivity index (χ0v) is 15.6. The number of ether oxygens (including phenoxy) is 1. The number of hydrogen-bond acceptors (Lipinski definition) is 7. The highest BCUT2D eigenvalue weighted by atomic mass is 32.2. The van der Waals surface area contributed by atoms with E-state index in [0.29, 0.717) is 11.0 Å². The molecule has 0 saturated carbocycles. The van der Waals surface area contributed by atoms with Crippen molar-refractivity contribution < 1.29 is 4.74 Å². The van der Waals surface area contributed by atoms with Gasteiger partial charge >= 0.3 is 0 Å². The fourth-order valence-electron chi connectivity index (χ4n) is 3.12. The number of thioether (sulfide) groups is 1. The van der Waals surface area contributed by atoms with E-state index in [-0.39, 0.29) is 11.3 Å². The molecule has 3 aromatic rings. The molecular formula is C20H19N5OS. The van der Waals surface area contributed by atoms with Crippen LogP contribution in [0.3, 0.4) is 0 Å². The first-order chi connectivity index (χ1) is 13.2. The Kier molecular flexibility index (Phi) is 5.02. The van der Waals surface area contributed by atoms with Gasteiger partial charge in [-0.2, -0.15) is 0 Å². The molecule has 0 fully saturated rings. The van der Waals surface area contributed by atoms with Gasteiger partial charge in [0.05, 0.1) is 13.2 Å². The topological polar surface area (TPSA) is 86.3 Å². The number of hydrogen-bond donors (Lipinski definition) is 1. The molecule has 0 radical (unpaired) electrons. The molecular weight excluding hydrogens is 358 g/mol. The number of aromatic nitrogens is 3. The first-order valence-corrected chi connectivity index (χ1v) is 9.46. The number of benzene rings is 1. The van der Waals surface area contributed by atoms with Crippen molar-refractivity contribution in [1.29, 1.82) is 0 Å². The van der Waals surface area contributed by atoms with Crippen LogP contribution in [0.1, 0.15) is 28.8 Å². The zero-order valence-electron chi connectivity index (χ0n) is 14.8. The second-order valence-corrected chi connectivity index (χ2v) is 7.43. The van der Waals surface area contributed by atoms with Gasteiger partial charge in [0, 0.05) is 35.5 Å². The Balaban J connectivity index is 1.61. The lowest BCUT2D eigenvalue weighted by Gasteiger charge is -2.26. The second kappa shape index (κ2) is 7.75. The van der Waals surface area contributed by atoms with Gasteiger partial charge in [0.15, 0.2) is 5.17 Å². The third kappa shape index (κ3) is 3.93. The van der Waals surface area contributed by atoms with Crippen LogP contribution in [0, 0.1) is 0 Å². The largest absolute Gasteiger partial charge is 0.481 e. The lowest BCUT2D eigenvalue weighted by atomic mass is 9.96. The van der Waals surface area contributed by atoms with Crippen LogP contribution in [0.4, 0.5) is 0 Å². The van der Waals surface area contributed by atoms with Crippen LogP contribution < -0.4 is 10.5 Å². The molecule has 27 heavy (non-hydrogen) atoms. The molecule has 7 heteroatoms. The Morgan fingerprint density at radius 2 is 1.89 bits per heavy atom. The lowest BCUT2D eigenvalue weighted by molar-refractivity contribution is 0.397. The normalized spacial score (nSPS) is 19.4. The van der Waals surface area contributed by atoms with Crippen LogP contribution in [0.25, 0.3) is 11.1 Å². The van der Waals surface area contributed by atoms with Gasteiger partial charge in [-0.3, -0.25) is 4.99 Å². The number of nitrogens with two attached hydrogens (primary N) is 1. The summed E-state index contributed by atoms with van der Waals surface area (Å²) >= 11 is 1.58. The van der Waals surface area contributed by atoms with Gasteiger partial charge in [0.25, 0.3) is 0 Å². The first-order valence-electron chi connectivity index (χ1n) is 8.58. The average molecular weight is 377 g/mol. The predicted octanol–water partition coefficient (Wildman–Crippen LogP) is 3.78. The molecule has 0 aliphatic carbocycles. The molecule has 136 valence electrons. The summed E-state index contributed by atoms with van der Waals surface area (Å²) in [5.74, 6) is 0.607. The van der Waals surface area contributed by atoms with Gasteiger partial charge in [-0.15, -0.1) is 0 Å². The molecule has 1 aliphatic heterocycles. The van der Waals surface area contributed by atoms with Gasteiger partial charge < -0.3 is 10.5 Å². The Bertz CT molecular complexity index is 946. The first kappa shape index (κ1) is 17.5. The van der Waals surface area contributed by atoms with Gasteiger partial charge in [-0.25, -0.2) is 15.0 Å². The molecule has 2 atom stereocenters. The van der Waals surface area contributed by atoms with Crippen molar-refractivity contribution in [3.63, 3.8) is 0 Å². The van der Waals surface area contributed by atoms with Crippen molar-refractivity contribution in [1.82, 2.24) is 15.0 Å². The van der Waals surface area contributed by atoms with Crippen LogP contribution in [-0.2, 0) is 0 Å². The molecule has 0 unspecified atom stereocenters. The third-order valence-electron chi connectivity index (χ3n) is 4.49. The molecule has 0 saturated heterocycles.